The molecule has 0 aliphatic carbocycles. The Balaban J connectivity index is 1.57. The average molecular weight is 418 g/mol. The molecule has 1 aromatic heterocycles. The van der Waals surface area contributed by atoms with Crippen LogP contribution in [0.2, 0.25) is 0 Å². The Labute approximate surface area is 184 Å². The van der Waals surface area contributed by atoms with Gasteiger partial charge < -0.3 is 9.32 Å². The van der Waals surface area contributed by atoms with Gasteiger partial charge in [-0.1, -0.05) is 25.1 Å². The van der Waals surface area contributed by atoms with E-state index in [1.165, 1.54) is 11.3 Å². The second-order valence-corrected chi connectivity index (χ2v) is 9.50. The number of carbonyl (C=O) groups excluding carboxylic acids is 1. The van der Waals surface area contributed by atoms with Gasteiger partial charge in [0.1, 0.15) is 5.58 Å². The maximum atomic E-state index is 12.4. The van der Waals surface area contributed by atoms with Crippen LogP contribution >= 0.6 is 0 Å². The zero-order valence-electron chi connectivity index (χ0n) is 19.2. The highest BCUT2D eigenvalue weighted by Gasteiger charge is 2.37. The number of hydrogen-bond acceptors (Lipinski definition) is 4. The van der Waals surface area contributed by atoms with Crippen LogP contribution < -0.4 is 10.3 Å². The molecule has 3 aromatic rings. The van der Waals surface area contributed by atoms with Crippen LogP contribution in [0.5, 0.6) is 0 Å². The molecular formula is C26H31N3O2. The Kier molecular flexibility index (Phi) is 5.38. The number of para-hydroxylation sites is 1. The van der Waals surface area contributed by atoms with Crippen molar-refractivity contribution < 1.29 is 9.21 Å². The summed E-state index contributed by atoms with van der Waals surface area (Å²) in [5.41, 5.74) is 8.19. The molecule has 1 atom stereocenters. The highest BCUT2D eigenvalue weighted by Crippen LogP contribution is 2.45. The highest BCUT2D eigenvalue weighted by molar-refractivity contribution is 5.96. The molecule has 0 fully saturated rings. The lowest BCUT2D eigenvalue weighted by Crippen LogP contribution is -2.51. The predicted molar refractivity (Wildman–Crippen MR) is 127 cm³/mol. The first-order valence-electron chi connectivity index (χ1n) is 10.9. The molecule has 0 spiro atoms. The van der Waals surface area contributed by atoms with Crippen molar-refractivity contribution in [3.05, 3.63) is 64.9 Å². The highest BCUT2D eigenvalue weighted by atomic mass is 16.3. The van der Waals surface area contributed by atoms with Crippen molar-refractivity contribution in [1.82, 2.24) is 5.43 Å². The van der Waals surface area contributed by atoms with Crippen LogP contribution in [0.15, 0.2) is 52.0 Å². The van der Waals surface area contributed by atoms with Crippen LogP contribution in [-0.2, 0) is 0 Å². The van der Waals surface area contributed by atoms with Crippen molar-refractivity contribution in [2.75, 3.05) is 4.90 Å². The number of aryl methyl sites for hydroxylation is 1. The number of nitrogens with zero attached hydrogens (tertiary/aromatic N) is 2. The summed E-state index contributed by atoms with van der Waals surface area (Å²) in [5.74, 6) is 0.353. The minimum absolute atomic E-state index is 0.114. The first-order valence-corrected chi connectivity index (χ1v) is 10.9. The fourth-order valence-corrected chi connectivity index (χ4v) is 5.04. The van der Waals surface area contributed by atoms with Crippen LogP contribution in [0, 0.1) is 6.92 Å². The Hall–Kier alpha value is -3.08. The first kappa shape index (κ1) is 21.2. The molecule has 0 radical (unpaired) electrons. The van der Waals surface area contributed by atoms with E-state index < -0.39 is 0 Å². The quantitative estimate of drug-likeness (QED) is 0.418. The number of rotatable bonds is 4. The topological polar surface area (TPSA) is 57.8 Å². The molecule has 5 nitrogen and oxygen atoms in total. The molecule has 2 heterocycles. The zero-order valence-corrected chi connectivity index (χ0v) is 19.2. The van der Waals surface area contributed by atoms with Crippen molar-refractivity contribution in [3.8, 4) is 0 Å². The molecule has 31 heavy (non-hydrogen) atoms. The van der Waals surface area contributed by atoms with Crippen LogP contribution in [0.3, 0.4) is 0 Å². The van der Waals surface area contributed by atoms with Gasteiger partial charge in [-0.2, -0.15) is 5.10 Å². The summed E-state index contributed by atoms with van der Waals surface area (Å²) in [6.45, 7) is 13.5. The molecule has 0 saturated heterocycles. The normalized spacial score (nSPS) is 18.0. The Morgan fingerprint density at radius 2 is 2.00 bits per heavy atom. The Bertz CT molecular complexity index is 1120. The van der Waals surface area contributed by atoms with Gasteiger partial charge in [-0.05, 0) is 87.9 Å². The molecule has 1 amide bonds. The lowest BCUT2D eigenvalue weighted by molar-refractivity contribution is 0.0929. The summed E-state index contributed by atoms with van der Waals surface area (Å²) in [5, 5.41) is 5.10. The summed E-state index contributed by atoms with van der Waals surface area (Å²) in [7, 11) is 0. The van der Waals surface area contributed by atoms with Gasteiger partial charge in [-0.25, -0.2) is 5.43 Å². The van der Waals surface area contributed by atoms with E-state index in [1.807, 2.05) is 24.3 Å². The first-order chi connectivity index (χ1) is 14.7. The van der Waals surface area contributed by atoms with E-state index in [2.05, 4.69) is 69.1 Å². The molecular weight excluding hydrogens is 386 g/mol. The van der Waals surface area contributed by atoms with Crippen molar-refractivity contribution in [3.63, 3.8) is 0 Å². The fraction of sp³-hybridized carbons (Fsp3) is 0.385. The van der Waals surface area contributed by atoms with Crippen molar-refractivity contribution in [2.45, 2.75) is 65.5 Å². The van der Waals surface area contributed by atoms with E-state index in [0.717, 1.165) is 22.9 Å². The minimum atomic E-state index is -0.357. The van der Waals surface area contributed by atoms with Gasteiger partial charge in [-0.15, -0.1) is 0 Å². The summed E-state index contributed by atoms with van der Waals surface area (Å²) in [6.07, 6.45) is 2.82. The molecule has 1 aliphatic rings. The molecule has 0 bridgehead atoms. The molecule has 162 valence electrons. The van der Waals surface area contributed by atoms with Gasteiger partial charge in [-0.3, -0.25) is 4.79 Å². The van der Waals surface area contributed by atoms with Crippen LogP contribution in [-0.4, -0.2) is 23.7 Å². The summed E-state index contributed by atoms with van der Waals surface area (Å²) < 4.78 is 5.61. The van der Waals surface area contributed by atoms with E-state index in [-0.39, 0.29) is 17.2 Å². The van der Waals surface area contributed by atoms with E-state index in [9.17, 15) is 4.79 Å². The van der Waals surface area contributed by atoms with Crippen molar-refractivity contribution >= 4 is 28.8 Å². The Morgan fingerprint density at radius 1 is 1.26 bits per heavy atom. The molecule has 5 heteroatoms. The fourth-order valence-electron chi connectivity index (χ4n) is 5.04. The maximum Gasteiger partial charge on any atom is 0.307 e. The number of hydrogen-bond donors (Lipinski definition) is 1. The number of nitrogens with one attached hydrogen (secondary N) is 1. The summed E-state index contributed by atoms with van der Waals surface area (Å²) in [4.78, 5) is 15.0. The number of carbonyl (C=O) groups is 1. The number of benzene rings is 2. The zero-order chi connectivity index (χ0) is 22.3. The lowest BCUT2D eigenvalue weighted by Gasteiger charge is -2.50. The van der Waals surface area contributed by atoms with E-state index in [0.29, 0.717) is 17.5 Å². The van der Waals surface area contributed by atoms with Gasteiger partial charge >= 0.3 is 5.91 Å². The second-order valence-electron chi connectivity index (χ2n) is 9.50. The number of anilines is 1. The van der Waals surface area contributed by atoms with E-state index >= 15 is 0 Å². The van der Waals surface area contributed by atoms with Crippen LogP contribution in [0.1, 0.15) is 74.2 Å². The minimum Gasteiger partial charge on any atom is -0.451 e. The third kappa shape index (κ3) is 3.97. The van der Waals surface area contributed by atoms with Gasteiger partial charge in [0.15, 0.2) is 5.76 Å². The number of hydrazone groups is 1. The molecule has 0 unspecified atom stereocenters. The van der Waals surface area contributed by atoms with Gasteiger partial charge in [0.25, 0.3) is 0 Å². The Morgan fingerprint density at radius 3 is 2.71 bits per heavy atom. The standard InChI is InChI=1S/C26H31N3O2/c1-16(2)29-22-11-17(3)20(12-21(22)18(4)14-26(29,5)6)15-27-28-25(30)24-13-19-9-7-8-10-23(19)31-24/h7-13,15-16,18H,14H2,1-6H3,(H,28,30)/b27-15+/t18-/m0/s1. The summed E-state index contributed by atoms with van der Waals surface area (Å²) >= 11 is 0. The largest absolute Gasteiger partial charge is 0.451 e. The lowest BCUT2D eigenvalue weighted by atomic mass is 9.78. The monoisotopic (exact) mass is 417 g/mol. The molecule has 1 N–H and O–H groups in total. The molecule has 0 saturated carbocycles. The molecule has 4 rings (SSSR count). The molecule has 1 aliphatic heterocycles. The molecule has 2 aromatic carbocycles. The predicted octanol–water partition coefficient (Wildman–Crippen LogP) is 6.01. The van der Waals surface area contributed by atoms with Crippen LogP contribution in [0.25, 0.3) is 11.0 Å². The third-order valence-corrected chi connectivity index (χ3v) is 6.20. The van der Waals surface area contributed by atoms with Gasteiger partial charge in [0.2, 0.25) is 0 Å². The van der Waals surface area contributed by atoms with E-state index in [1.54, 1.807) is 12.3 Å². The number of fused-ring (bicyclic) bond motifs is 2. The summed E-state index contributed by atoms with van der Waals surface area (Å²) in [6, 6.07) is 14.2. The smallest absolute Gasteiger partial charge is 0.307 e. The van der Waals surface area contributed by atoms with Gasteiger partial charge in [0.05, 0.1) is 6.21 Å². The average Bonchev–Trinajstić information content (AvgIpc) is 3.12. The second kappa shape index (κ2) is 7.88. The van der Waals surface area contributed by atoms with Crippen molar-refractivity contribution in [1.29, 1.82) is 0 Å². The maximum absolute atomic E-state index is 12.4. The van der Waals surface area contributed by atoms with Crippen LogP contribution in [0.4, 0.5) is 5.69 Å². The van der Waals surface area contributed by atoms with Gasteiger partial charge in [0, 0.05) is 22.7 Å². The third-order valence-electron chi connectivity index (χ3n) is 6.20. The number of furan rings is 1. The SMILES string of the molecule is Cc1cc2c(cc1/C=N/NC(=O)c1cc3ccccc3o1)[C@@H](C)CC(C)(C)N2C(C)C. The number of amides is 1. The van der Waals surface area contributed by atoms with E-state index in [4.69, 9.17) is 4.42 Å². The van der Waals surface area contributed by atoms with Crippen molar-refractivity contribution in [2.24, 2.45) is 5.10 Å².